The average molecular weight is 801 g/mol. The number of carboxylic acids is 1. The molecule has 1 aliphatic rings. The highest BCUT2D eigenvalue weighted by atomic mass is 35.7. The molecular weight excluding hydrogens is 768 g/mol. The molecule has 1 unspecified atom stereocenters. The van der Waals surface area contributed by atoms with Crippen molar-refractivity contribution in [1.82, 2.24) is 4.72 Å². The van der Waals surface area contributed by atoms with Crippen LogP contribution in [0.1, 0.15) is 17.5 Å². The predicted octanol–water partition coefficient (Wildman–Crippen LogP) is 6.41. The van der Waals surface area contributed by atoms with Crippen molar-refractivity contribution in [1.29, 1.82) is 0 Å². The molecule has 0 saturated carbocycles. The number of ether oxygens (including phenoxy) is 2. The van der Waals surface area contributed by atoms with Crippen LogP contribution in [-0.4, -0.2) is 51.9 Å². The summed E-state index contributed by atoms with van der Waals surface area (Å²) < 4.78 is 62.4. The number of aliphatic carboxylic acids is 1. The Kier molecular flexibility index (Phi) is 11.8. The van der Waals surface area contributed by atoms with Crippen LogP contribution in [-0.2, 0) is 51.2 Å². The van der Waals surface area contributed by atoms with E-state index in [-0.39, 0.29) is 34.3 Å². The fraction of sp³-hybridized carbons (Fsp3) is 0.125. The zero-order valence-corrected chi connectivity index (χ0v) is 31.2. The lowest BCUT2D eigenvalue weighted by Crippen LogP contribution is -2.43. The lowest BCUT2D eigenvalue weighted by atomic mass is 10.0. The van der Waals surface area contributed by atoms with Crippen molar-refractivity contribution in [2.45, 2.75) is 41.4 Å². The maximum atomic E-state index is 13.4. The molecule has 7 rings (SSSR count). The van der Waals surface area contributed by atoms with Gasteiger partial charge in [0.05, 0.1) is 21.9 Å². The van der Waals surface area contributed by atoms with E-state index in [1.807, 2.05) is 42.5 Å². The predicted molar refractivity (Wildman–Crippen MR) is 207 cm³/mol. The standard InChI is InChI=1S/C30H26N2O8S.C10H7ClO2S/c33-28(34)17-27-29(35)31-24-14-20(10-13-26(24)40-27)15-25(30(36)39-18-19-6-2-1-3-7-19)32-41(37,38)23-12-11-21-8-4-5-9-22(21)16-23;11-14(12,13)10-6-5-8-3-1-2-4-9(8)7-10/h1-14,16,25,27,32H,15,17-18H2,(H,31,35)(H,33,34);1-7H/t25-,27?;/m0./s1. The number of anilines is 1. The van der Waals surface area contributed by atoms with E-state index in [4.69, 9.17) is 25.3 Å². The molecule has 0 aromatic heterocycles. The zero-order valence-electron chi connectivity index (χ0n) is 28.8. The molecule has 1 heterocycles. The highest BCUT2D eigenvalue weighted by molar-refractivity contribution is 8.13. The van der Waals surface area contributed by atoms with Gasteiger partial charge in [-0.1, -0.05) is 97.1 Å². The Morgan fingerprint density at radius 2 is 1.33 bits per heavy atom. The number of carbonyl (C=O) groups is 3. The van der Waals surface area contributed by atoms with Gasteiger partial charge in [0.15, 0.2) is 6.10 Å². The summed E-state index contributed by atoms with van der Waals surface area (Å²) in [4.78, 5) is 36.7. The van der Waals surface area contributed by atoms with E-state index >= 15 is 0 Å². The van der Waals surface area contributed by atoms with Gasteiger partial charge in [-0.05, 0) is 75.5 Å². The molecule has 6 aromatic carbocycles. The Morgan fingerprint density at radius 3 is 1.95 bits per heavy atom. The van der Waals surface area contributed by atoms with Gasteiger partial charge in [0.1, 0.15) is 18.4 Å². The molecule has 2 atom stereocenters. The highest BCUT2D eigenvalue weighted by Gasteiger charge is 2.31. The second kappa shape index (κ2) is 16.7. The fourth-order valence-corrected chi connectivity index (χ4v) is 7.77. The van der Waals surface area contributed by atoms with E-state index in [0.29, 0.717) is 5.56 Å². The number of esters is 1. The van der Waals surface area contributed by atoms with Crippen molar-refractivity contribution < 1.29 is 45.8 Å². The van der Waals surface area contributed by atoms with Gasteiger partial charge in [-0.3, -0.25) is 14.4 Å². The first-order chi connectivity index (χ1) is 26.2. The van der Waals surface area contributed by atoms with E-state index in [9.17, 15) is 31.2 Å². The first kappa shape index (κ1) is 38.9. The molecule has 0 spiro atoms. The number of hydrogen-bond acceptors (Lipinski definition) is 9. The van der Waals surface area contributed by atoms with Gasteiger partial charge in [-0.25, -0.2) is 16.8 Å². The third-order valence-electron chi connectivity index (χ3n) is 8.50. The molecule has 0 aliphatic carbocycles. The minimum absolute atomic E-state index is 0.00682. The van der Waals surface area contributed by atoms with Crippen LogP contribution in [0, 0.1) is 0 Å². The number of fused-ring (bicyclic) bond motifs is 3. The van der Waals surface area contributed by atoms with Gasteiger partial charge < -0.3 is 19.9 Å². The Labute approximate surface area is 321 Å². The molecule has 0 radical (unpaired) electrons. The number of carboxylic acid groups (broad SMARTS) is 1. The second-order valence-corrected chi connectivity index (χ2v) is 16.7. The van der Waals surface area contributed by atoms with Gasteiger partial charge in [-0.2, -0.15) is 4.72 Å². The zero-order chi connectivity index (χ0) is 39.2. The molecule has 55 heavy (non-hydrogen) atoms. The summed E-state index contributed by atoms with van der Waals surface area (Å²) in [6, 6.07) is 36.7. The first-order valence-electron chi connectivity index (χ1n) is 16.7. The van der Waals surface area contributed by atoms with Gasteiger partial charge in [0.25, 0.3) is 15.0 Å². The van der Waals surface area contributed by atoms with Crippen LogP contribution in [0.3, 0.4) is 0 Å². The monoisotopic (exact) mass is 800 g/mol. The van der Waals surface area contributed by atoms with Crippen molar-refractivity contribution >= 4 is 74.8 Å². The molecule has 1 amide bonds. The van der Waals surface area contributed by atoms with Crippen LogP contribution in [0.15, 0.2) is 143 Å². The summed E-state index contributed by atoms with van der Waals surface area (Å²) in [6.45, 7) is -0.0487. The van der Waals surface area contributed by atoms with E-state index < -0.39 is 55.5 Å². The summed E-state index contributed by atoms with van der Waals surface area (Å²) in [7, 11) is -2.54. The smallest absolute Gasteiger partial charge is 0.324 e. The van der Waals surface area contributed by atoms with Crippen LogP contribution in [0.2, 0.25) is 0 Å². The Balaban J connectivity index is 0.000000307. The normalized spacial score (nSPS) is 14.4. The number of hydrogen-bond donors (Lipinski definition) is 3. The van der Waals surface area contributed by atoms with Gasteiger partial charge >= 0.3 is 11.9 Å². The summed E-state index contributed by atoms with van der Waals surface area (Å²) in [6.07, 6.45) is -1.78. The number of carbonyl (C=O) groups excluding carboxylic acids is 2. The maximum absolute atomic E-state index is 13.4. The van der Waals surface area contributed by atoms with Crippen molar-refractivity contribution in [3.63, 3.8) is 0 Å². The SMILES string of the molecule is O=C(O)CC1Oc2ccc(C[C@H](NS(=O)(=O)c3ccc4ccccc4c3)C(=O)OCc3ccccc3)cc2NC1=O.O=S(=O)(Cl)c1ccc2ccccc2c1. The second-order valence-electron chi connectivity index (χ2n) is 12.5. The van der Waals surface area contributed by atoms with E-state index in [1.54, 1.807) is 66.7 Å². The summed E-state index contributed by atoms with van der Waals surface area (Å²) in [5.74, 6) is -2.31. The molecular formula is C40H33ClN2O10S2. The minimum atomic E-state index is -4.14. The summed E-state index contributed by atoms with van der Waals surface area (Å²) in [5, 5.41) is 15.1. The third-order valence-corrected chi connectivity index (χ3v) is 11.3. The van der Waals surface area contributed by atoms with Crippen LogP contribution in [0.5, 0.6) is 5.75 Å². The molecule has 12 nitrogen and oxygen atoms in total. The Morgan fingerprint density at radius 1 is 0.745 bits per heavy atom. The van der Waals surface area contributed by atoms with Gasteiger partial charge in [0, 0.05) is 10.7 Å². The molecule has 3 N–H and O–H groups in total. The van der Waals surface area contributed by atoms with Crippen molar-refractivity contribution in [2.24, 2.45) is 0 Å². The van der Waals surface area contributed by atoms with Gasteiger partial charge in [-0.15, -0.1) is 0 Å². The number of nitrogens with one attached hydrogen (secondary N) is 2. The fourth-order valence-electron chi connectivity index (χ4n) is 5.76. The summed E-state index contributed by atoms with van der Waals surface area (Å²) in [5.41, 5.74) is 1.52. The lowest BCUT2D eigenvalue weighted by Gasteiger charge is -2.25. The molecule has 6 aromatic rings. The Hall–Kier alpha value is -5.80. The number of amides is 1. The van der Waals surface area contributed by atoms with E-state index in [1.165, 1.54) is 24.3 Å². The molecule has 0 fully saturated rings. The maximum Gasteiger partial charge on any atom is 0.324 e. The largest absolute Gasteiger partial charge is 0.481 e. The number of sulfonamides is 1. The molecule has 15 heteroatoms. The minimum Gasteiger partial charge on any atom is -0.481 e. The number of halogens is 1. The van der Waals surface area contributed by atoms with Crippen LogP contribution >= 0.6 is 10.7 Å². The average Bonchev–Trinajstić information content (AvgIpc) is 3.16. The quantitative estimate of drug-likeness (QED) is 0.0978. The van der Waals surface area contributed by atoms with Crippen LogP contribution in [0.4, 0.5) is 5.69 Å². The van der Waals surface area contributed by atoms with Crippen LogP contribution in [0.25, 0.3) is 21.5 Å². The molecule has 0 bridgehead atoms. The van der Waals surface area contributed by atoms with Crippen molar-refractivity contribution in [2.75, 3.05) is 5.32 Å². The highest BCUT2D eigenvalue weighted by Crippen LogP contribution is 2.32. The Bertz CT molecular complexity index is 2620. The van der Waals surface area contributed by atoms with E-state index in [0.717, 1.165) is 27.1 Å². The van der Waals surface area contributed by atoms with Gasteiger partial charge in [0.2, 0.25) is 10.0 Å². The van der Waals surface area contributed by atoms with E-state index in [2.05, 4.69) is 10.0 Å². The first-order valence-corrected chi connectivity index (χ1v) is 20.5. The molecule has 0 saturated heterocycles. The van der Waals surface area contributed by atoms with Crippen molar-refractivity contribution in [3.05, 3.63) is 145 Å². The third kappa shape index (κ3) is 10.0. The summed E-state index contributed by atoms with van der Waals surface area (Å²) >= 11 is 0. The molecule has 282 valence electrons. The van der Waals surface area contributed by atoms with Crippen molar-refractivity contribution in [3.8, 4) is 5.75 Å². The number of benzene rings is 6. The topological polar surface area (TPSA) is 182 Å². The van der Waals surface area contributed by atoms with Crippen LogP contribution < -0.4 is 14.8 Å². The molecule has 1 aliphatic heterocycles. The lowest BCUT2D eigenvalue weighted by molar-refractivity contribution is -0.147. The number of rotatable bonds is 11.